The van der Waals surface area contributed by atoms with Gasteiger partial charge in [0.15, 0.2) is 0 Å². The fourth-order valence-electron chi connectivity index (χ4n) is 1.37. The Morgan fingerprint density at radius 3 is 2.28 bits per heavy atom. The molecule has 0 unspecified atom stereocenters. The summed E-state index contributed by atoms with van der Waals surface area (Å²) in [6.45, 7) is 2.81. The number of carboxylic acids is 1. The molecule has 18 heavy (non-hydrogen) atoms. The van der Waals surface area contributed by atoms with E-state index in [2.05, 4.69) is 10.6 Å². The Morgan fingerprint density at radius 2 is 1.89 bits per heavy atom. The molecule has 6 N–H and O–H groups in total. The van der Waals surface area contributed by atoms with E-state index in [1.165, 1.54) is 0 Å². The minimum Gasteiger partial charge on any atom is -0.480 e. The lowest BCUT2D eigenvalue weighted by molar-refractivity contribution is -0.139. The summed E-state index contributed by atoms with van der Waals surface area (Å²) in [5.74, 6) is -1.82. The standard InChI is InChI=1S/C10H19N3O5/c1-10(2,5-7(11)15)13-9(18)12-6(3-4-14)8(16)17/h6,14H,3-5H2,1-2H3,(H2,11,15)(H,16,17)(H2,12,13,18)/t6-/m0/s1. The summed E-state index contributed by atoms with van der Waals surface area (Å²) in [5, 5.41) is 22.0. The van der Waals surface area contributed by atoms with Crippen molar-refractivity contribution in [2.45, 2.75) is 38.3 Å². The molecule has 0 spiro atoms. The summed E-state index contributed by atoms with van der Waals surface area (Å²) in [6.07, 6.45) is -0.169. The Bertz CT molecular complexity index is 329. The highest BCUT2D eigenvalue weighted by molar-refractivity contribution is 5.83. The molecule has 0 aromatic rings. The van der Waals surface area contributed by atoms with E-state index in [4.69, 9.17) is 15.9 Å². The topological polar surface area (TPSA) is 142 Å². The van der Waals surface area contributed by atoms with Crippen molar-refractivity contribution in [3.63, 3.8) is 0 Å². The second kappa shape index (κ2) is 6.80. The highest BCUT2D eigenvalue weighted by atomic mass is 16.4. The van der Waals surface area contributed by atoms with Crippen LogP contribution in [0.25, 0.3) is 0 Å². The predicted molar refractivity (Wildman–Crippen MR) is 62.7 cm³/mol. The van der Waals surface area contributed by atoms with Gasteiger partial charge < -0.3 is 26.6 Å². The number of primary amides is 1. The molecule has 8 heteroatoms. The van der Waals surface area contributed by atoms with Crippen molar-refractivity contribution in [3.8, 4) is 0 Å². The van der Waals surface area contributed by atoms with E-state index in [-0.39, 0.29) is 19.4 Å². The summed E-state index contributed by atoms with van der Waals surface area (Å²) in [7, 11) is 0. The fraction of sp³-hybridized carbons (Fsp3) is 0.700. The molecule has 0 aliphatic carbocycles. The number of aliphatic hydroxyl groups excluding tert-OH is 1. The van der Waals surface area contributed by atoms with Crippen LogP contribution in [0, 0.1) is 0 Å². The second-order valence-corrected chi connectivity index (χ2v) is 4.53. The van der Waals surface area contributed by atoms with Crippen LogP contribution in [0.2, 0.25) is 0 Å². The van der Waals surface area contributed by atoms with Gasteiger partial charge in [0.05, 0.1) is 0 Å². The number of rotatable bonds is 7. The van der Waals surface area contributed by atoms with Crippen LogP contribution in [0.4, 0.5) is 4.79 Å². The molecular weight excluding hydrogens is 242 g/mol. The molecule has 0 aliphatic heterocycles. The minimum atomic E-state index is -1.24. The number of urea groups is 1. The third-order valence-electron chi connectivity index (χ3n) is 2.09. The predicted octanol–water partition coefficient (Wildman–Crippen LogP) is -1.22. The quantitative estimate of drug-likeness (QED) is 0.390. The SMILES string of the molecule is CC(C)(CC(N)=O)NC(=O)N[C@@H](CCO)C(=O)O. The molecule has 0 aliphatic rings. The van der Waals surface area contributed by atoms with Crippen molar-refractivity contribution in [2.75, 3.05) is 6.61 Å². The molecular formula is C10H19N3O5. The number of amides is 3. The third kappa shape index (κ3) is 6.69. The first-order valence-electron chi connectivity index (χ1n) is 5.38. The first-order valence-corrected chi connectivity index (χ1v) is 5.38. The zero-order valence-corrected chi connectivity index (χ0v) is 10.4. The Morgan fingerprint density at radius 1 is 1.33 bits per heavy atom. The highest BCUT2D eigenvalue weighted by Crippen LogP contribution is 2.07. The fourth-order valence-corrected chi connectivity index (χ4v) is 1.37. The number of carbonyl (C=O) groups excluding carboxylic acids is 2. The first kappa shape index (κ1) is 16.2. The average Bonchev–Trinajstić information content (AvgIpc) is 2.13. The molecule has 104 valence electrons. The Balaban J connectivity index is 4.39. The van der Waals surface area contributed by atoms with Crippen LogP contribution in [0.15, 0.2) is 0 Å². The first-order chi connectivity index (χ1) is 8.18. The summed E-state index contributed by atoms with van der Waals surface area (Å²) in [4.78, 5) is 33.0. The van der Waals surface area contributed by atoms with Crippen molar-refractivity contribution in [2.24, 2.45) is 5.73 Å². The van der Waals surface area contributed by atoms with Gasteiger partial charge >= 0.3 is 12.0 Å². The van der Waals surface area contributed by atoms with Crippen LogP contribution < -0.4 is 16.4 Å². The van der Waals surface area contributed by atoms with E-state index in [0.717, 1.165) is 0 Å². The number of hydrogen-bond acceptors (Lipinski definition) is 4. The van der Waals surface area contributed by atoms with Crippen molar-refractivity contribution in [3.05, 3.63) is 0 Å². The molecule has 1 atom stereocenters. The summed E-state index contributed by atoms with van der Waals surface area (Å²) in [6, 6.07) is -1.92. The van der Waals surface area contributed by atoms with Gasteiger partial charge in [-0.15, -0.1) is 0 Å². The van der Waals surface area contributed by atoms with E-state index in [0.29, 0.717) is 0 Å². The lowest BCUT2D eigenvalue weighted by Gasteiger charge is -2.26. The number of nitrogens with one attached hydrogen (secondary N) is 2. The number of carboxylic acid groups (broad SMARTS) is 1. The van der Waals surface area contributed by atoms with Gasteiger partial charge in [0.25, 0.3) is 0 Å². The molecule has 3 amide bonds. The van der Waals surface area contributed by atoms with Crippen LogP contribution >= 0.6 is 0 Å². The van der Waals surface area contributed by atoms with Crippen LogP contribution in [-0.2, 0) is 9.59 Å². The van der Waals surface area contributed by atoms with E-state index < -0.39 is 29.5 Å². The number of hydrogen-bond donors (Lipinski definition) is 5. The van der Waals surface area contributed by atoms with Gasteiger partial charge in [-0.2, -0.15) is 0 Å². The van der Waals surface area contributed by atoms with Gasteiger partial charge in [0.1, 0.15) is 6.04 Å². The maximum atomic E-state index is 11.5. The molecule has 0 radical (unpaired) electrons. The summed E-state index contributed by atoms with van der Waals surface area (Å²) in [5.41, 5.74) is 4.14. The number of carbonyl (C=O) groups is 3. The minimum absolute atomic E-state index is 0.0713. The lowest BCUT2D eigenvalue weighted by Crippen LogP contribution is -2.54. The Hall–Kier alpha value is -1.83. The molecule has 0 fully saturated rings. The maximum absolute atomic E-state index is 11.5. The number of aliphatic carboxylic acids is 1. The normalized spacial score (nSPS) is 12.6. The third-order valence-corrected chi connectivity index (χ3v) is 2.09. The molecule has 8 nitrogen and oxygen atoms in total. The van der Waals surface area contributed by atoms with Crippen molar-refractivity contribution in [1.82, 2.24) is 10.6 Å². The number of aliphatic hydroxyl groups is 1. The summed E-state index contributed by atoms with van der Waals surface area (Å²) >= 11 is 0. The zero-order chi connectivity index (χ0) is 14.3. The zero-order valence-electron chi connectivity index (χ0n) is 10.4. The molecule has 0 bridgehead atoms. The second-order valence-electron chi connectivity index (χ2n) is 4.53. The molecule has 0 saturated heterocycles. The molecule has 0 heterocycles. The van der Waals surface area contributed by atoms with Crippen LogP contribution in [-0.4, -0.2) is 46.3 Å². The lowest BCUT2D eigenvalue weighted by atomic mass is 10.0. The van der Waals surface area contributed by atoms with E-state index in [1.54, 1.807) is 13.8 Å². The number of nitrogens with two attached hydrogens (primary N) is 1. The molecule has 0 saturated carbocycles. The van der Waals surface area contributed by atoms with Crippen LogP contribution in [0.1, 0.15) is 26.7 Å². The largest absolute Gasteiger partial charge is 0.480 e. The van der Waals surface area contributed by atoms with Gasteiger partial charge in [0.2, 0.25) is 5.91 Å². The average molecular weight is 261 g/mol. The smallest absolute Gasteiger partial charge is 0.326 e. The van der Waals surface area contributed by atoms with E-state index in [1.807, 2.05) is 0 Å². The summed E-state index contributed by atoms with van der Waals surface area (Å²) < 4.78 is 0. The van der Waals surface area contributed by atoms with Crippen molar-refractivity contribution >= 4 is 17.9 Å². The Labute approximate surface area is 105 Å². The highest BCUT2D eigenvalue weighted by Gasteiger charge is 2.25. The Kier molecular flexibility index (Phi) is 6.11. The van der Waals surface area contributed by atoms with Crippen molar-refractivity contribution < 1.29 is 24.6 Å². The van der Waals surface area contributed by atoms with Gasteiger partial charge in [-0.25, -0.2) is 9.59 Å². The van der Waals surface area contributed by atoms with Gasteiger partial charge in [0, 0.05) is 25.0 Å². The molecule has 0 aromatic carbocycles. The van der Waals surface area contributed by atoms with Gasteiger partial charge in [-0.05, 0) is 13.8 Å². The van der Waals surface area contributed by atoms with E-state index >= 15 is 0 Å². The van der Waals surface area contributed by atoms with Crippen LogP contribution in [0.5, 0.6) is 0 Å². The monoisotopic (exact) mass is 261 g/mol. The van der Waals surface area contributed by atoms with Gasteiger partial charge in [-0.1, -0.05) is 0 Å². The molecule has 0 aromatic heterocycles. The molecule has 0 rings (SSSR count). The van der Waals surface area contributed by atoms with Gasteiger partial charge in [-0.3, -0.25) is 4.79 Å². The van der Waals surface area contributed by atoms with Crippen LogP contribution in [0.3, 0.4) is 0 Å². The van der Waals surface area contributed by atoms with E-state index in [9.17, 15) is 14.4 Å². The maximum Gasteiger partial charge on any atom is 0.326 e. The van der Waals surface area contributed by atoms with Crippen molar-refractivity contribution in [1.29, 1.82) is 0 Å².